The Balaban J connectivity index is 0. The topological polar surface area (TPSA) is 50.9 Å². The second kappa shape index (κ2) is 6.82. The molecule has 0 radical (unpaired) electrons. The number of carbonyl (C=O) groups excluding carboxylic acids is 1. The first-order chi connectivity index (χ1) is 6.34. The Morgan fingerprint density at radius 3 is 2.27 bits per heavy atom. The van der Waals surface area contributed by atoms with Crippen LogP contribution in [0.2, 0.25) is 0 Å². The monoisotopic (exact) mass is 311 g/mol. The molecule has 0 amide bonds. The van der Waals surface area contributed by atoms with Crippen molar-refractivity contribution in [2.24, 2.45) is 0 Å². The van der Waals surface area contributed by atoms with Crippen molar-refractivity contribution < 1.29 is 31.1 Å². The third kappa shape index (κ3) is 5.16. The summed E-state index contributed by atoms with van der Waals surface area (Å²) in [6, 6.07) is 0. The van der Waals surface area contributed by atoms with Crippen LogP contribution < -0.4 is 0 Å². The van der Waals surface area contributed by atoms with E-state index in [1.807, 2.05) is 0 Å². The summed E-state index contributed by atoms with van der Waals surface area (Å²) in [6.07, 6.45) is 6.15. The molecule has 0 rings (SSSR count). The zero-order valence-corrected chi connectivity index (χ0v) is 9.99. The molecule has 0 saturated heterocycles. The molecule has 15 heavy (non-hydrogen) atoms. The Labute approximate surface area is 111 Å². The number of hydrogen-bond acceptors (Lipinski definition) is 3. The van der Waals surface area contributed by atoms with Crippen LogP contribution in [0.4, 0.5) is 0 Å². The van der Waals surface area contributed by atoms with Crippen molar-refractivity contribution in [3.63, 3.8) is 0 Å². The molecule has 0 bridgehead atoms. The third-order valence-corrected chi connectivity index (χ3v) is 1.49. The molecule has 84 valence electrons. The predicted molar refractivity (Wildman–Crippen MR) is 51.5 cm³/mol. The van der Waals surface area contributed by atoms with E-state index in [9.17, 15) is 4.79 Å². The minimum absolute atomic E-state index is 0. The molecular formula is C7H2Cl3NNiO3. The van der Waals surface area contributed by atoms with Crippen LogP contribution in [0.15, 0.2) is 11.5 Å². The number of esters is 1. The molecule has 8 heteroatoms. The second-order valence-electron chi connectivity index (χ2n) is 1.81. The zero-order chi connectivity index (χ0) is 11.4. The number of halogens is 3. The van der Waals surface area contributed by atoms with Crippen molar-refractivity contribution in [3.05, 3.63) is 22.9 Å². The molecule has 0 heterocycles. The van der Waals surface area contributed by atoms with Gasteiger partial charge in [0.2, 0.25) is 3.79 Å². The van der Waals surface area contributed by atoms with Gasteiger partial charge in [-0.3, -0.25) is 4.79 Å². The number of ether oxygens (including phenoxy) is 1. The first-order valence-electron chi connectivity index (χ1n) is 2.89. The number of allylic oxidation sites excluding steroid dienone is 1. The molecule has 0 aromatic heterocycles. The average molecular weight is 313 g/mol. The zero-order valence-electron chi connectivity index (χ0n) is 6.74. The molecule has 0 atom stereocenters. The van der Waals surface area contributed by atoms with Gasteiger partial charge in [-0.1, -0.05) is 41.2 Å². The van der Waals surface area contributed by atoms with Gasteiger partial charge < -0.3 is 9.84 Å². The third-order valence-electron chi connectivity index (χ3n) is 0.950. The van der Waals surface area contributed by atoms with Crippen LogP contribution in [0.5, 0.6) is 0 Å². The van der Waals surface area contributed by atoms with Crippen molar-refractivity contribution in [3.8, 4) is 12.5 Å². The largest absolute Gasteiger partial charge is 0.519 e. The van der Waals surface area contributed by atoms with Crippen LogP contribution in [0.3, 0.4) is 0 Å². The maximum atomic E-state index is 10.9. The molecule has 0 saturated carbocycles. The second-order valence-corrected chi connectivity index (χ2v) is 4.10. The van der Waals surface area contributed by atoms with Crippen LogP contribution in [0.25, 0.3) is 4.85 Å². The fourth-order valence-corrected chi connectivity index (χ4v) is 0.700. The number of aliphatic hydroxyl groups excluding tert-OH is 1. The van der Waals surface area contributed by atoms with Crippen LogP contribution in [-0.4, -0.2) is 14.9 Å². The van der Waals surface area contributed by atoms with Crippen LogP contribution >= 0.6 is 34.8 Å². The van der Waals surface area contributed by atoms with Crippen molar-refractivity contribution in [1.29, 1.82) is 0 Å². The summed E-state index contributed by atoms with van der Waals surface area (Å²) in [7, 11) is 0. The van der Waals surface area contributed by atoms with Crippen molar-refractivity contribution >= 4 is 40.8 Å². The van der Waals surface area contributed by atoms with Gasteiger partial charge in [0.25, 0.3) is 0 Å². The predicted octanol–water partition coefficient (Wildman–Crippen LogP) is 2.18. The number of rotatable bonds is 1. The summed E-state index contributed by atoms with van der Waals surface area (Å²) in [6.45, 7) is 6.54. The Hall–Kier alpha value is -0.576. The molecule has 0 aliphatic carbocycles. The molecule has 0 aliphatic rings. The van der Waals surface area contributed by atoms with Gasteiger partial charge in [0, 0.05) is 16.5 Å². The van der Waals surface area contributed by atoms with Gasteiger partial charge in [0.1, 0.15) is 6.11 Å². The normalized spacial score (nSPS) is 11.3. The van der Waals surface area contributed by atoms with E-state index in [1.165, 1.54) is 6.11 Å². The van der Waals surface area contributed by atoms with Crippen LogP contribution in [-0.2, 0) is 26.0 Å². The number of carbonyl (C=O) groups is 1. The Morgan fingerprint density at radius 2 is 2.00 bits per heavy atom. The van der Waals surface area contributed by atoms with E-state index in [1.54, 1.807) is 0 Å². The maximum Gasteiger partial charge on any atom is 0.354 e. The van der Waals surface area contributed by atoms with Crippen molar-refractivity contribution in [1.82, 2.24) is 0 Å². The smallest absolute Gasteiger partial charge is 0.354 e. The van der Waals surface area contributed by atoms with Crippen LogP contribution in [0, 0.1) is 19.1 Å². The van der Waals surface area contributed by atoms with Gasteiger partial charge in [-0.2, -0.15) is 0 Å². The molecule has 0 aromatic carbocycles. The molecule has 0 aromatic rings. The Morgan fingerprint density at radius 1 is 1.53 bits per heavy atom. The van der Waals surface area contributed by atoms with Gasteiger partial charge in [-0.15, -0.1) is 0 Å². The van der Waals surface area contributed by atoms with Gasteiger partial charge in [-0.05, 0) is 0 Å². The molecule has 4 nitrogen and oxygen atoms in total. The standard InChI is InChI=1S/C7H2Cl3NO3.Ni/c1-3-14-6(13)4(11-2)5(12)7(8,9)10;/h1,12H;/b5-4+;. The van der Waals surface area contributed by atoms with Crippen molar-refractivity contribution in [2.75, 3.05) is 0 Å². The molecule has 1 N–H and O–H groups in total. The van der Waals surface area contributed by atoms with Gasteiger partial charge in [0.15, 0.2) is 5.76 Å². The van der Waals surface area contributed by atoms with E-state index in [0.29, 0.717) is 0 Å². The summed E-state index contributed by atoms with van der Waals surface area (Å²) >= 11 is 15.7. The number of nitrogens with zero attached hydrogens (tertiary/aromatic N) is 1. The fourth-order valence-electron chi connectivity index (χ4n) is 0.431. The van der Waals surface area contributed by atoms with Gasteiger partial charge in [-0.25, -0.2) is 4.85 Å². The first-order valence-corrected chi connectivity index (χ1v) is 4.02. The fraction of sp³-hybridized carbons (Fsp3) is 0.143. The number of aliphatic hydroxyl groups is 1. The Kier molecular flexibility index (Phi) is 7.66. The Bertz CT molecular complexity index is 361. The van der Waals surface area contributed by atoms with Crippen LogP contribution in [0.1, 0.15) is 0 Å². The van der Waals surface area contributed by atoms with E-state index in [4.69, 9.17) is 46.5 Å². The summed E-state index contributed by atoms with van der Waals surface area (Å²) in [4.78, 5) is 13.5. The summed E-state index contributed by atoms with van der Waals surface area (Å²) in [5, 5.41) is 9.14. The molecule has 0 unspecified atom stereocenters. The first kappa shape index (κ1) is 16.8. The molecule has 0 spiro atoms. The number of hydrogen-bond donors (Lipinski definition) is 1. The minimum atomic E-state index is -2.27. The molecular weight excluding hydrogens is 311 g/mol. The average Bonchev–Trinajstić information content (AvgIpc) is 2.04. The maximum absolute atomic E-state index is 10.9. The van der Waals surface area contributed by atoms with Gasteiger partial charge in [0.05, 0.1) is 6.57 Å². The van der Waals surface area contributed by atoms with E-state index >= 15 is 0 Å². The van der Waals surface area contributed by atoms with E-state index in [-0.39, 0.29) is 16.5 Å². The summed E-state index contributed by atoms with van der Waals surface area (Å²) in [5.41, 5.74) is -0.872. The minimum Gasteiger partial charge on any atom is -0.519 e. The van der Waals surface area contributed by atoms with Crippen molar-refractivity contribution in [2.45, 2.75) is 3.79 Å². The van der Waals surface area contributed by atoms with E-state index < -0.39 is 21.2 Å². The number of alkyl halides is 3. The van der Waals surface area contributed by atoms with E-state index in [2.05, 4.69) is 16.0 Å². The summed E-state index contributed by atoms with van der Waals surface area (Å²) < 4.78 is 1.72. The van der Waals surface area contributed by atoms with Gasteiger partial charge >= 0.3 is 11.7 Å². The molecule has 0 aliphatic heterocycles. The van der Waals surface area contributed by atoms with E-state index in [0.717, 1.165) is 0 Å². The number of terminal acetylenes is 1. The summed E-state index contributed by atoms with van der Waals surface area (Å²) in [5.74, 6) is -2.29. The quantitative estimate of drug-likeness (QED) is 0.154. The molecule has 0 fully saturated rings. The SMILES string of the molecule is [C-]#[N+]/C(C(=O)OC#C)=C(/O)C(Cl)(Cl)Cl.[Ni].